The Balaban J connectivity index is 2.68. The Bertz CT molecular complexity index is 469. The maximum Gasteiger partial charge on any atom is 0.257 e. The number of pyridine rings is 1. The van der Waals surface area contributed by atoms with Crippen molar-refractivity contribution < 1.29 is 0 Å². The summed E-state index contributed by atoms with van der Waals surface area (Å²) in [5.74, 6) is 0.754. The number of nitrogens with two attached hydrogens (primary N) is 1. The molecule has 1 atom stereocenters. The highest BCUT2D eigenvalue weighted by Crippen LogP contribution is 2.17. The third-order valence-corrected chi connectivity index (χ3v) is 2.27. The average molecular weight is 188 g/mol. The van der Waals surface area contributed by atoms with E-state index in [1.807, 2.05) is 24.3 Å². The van der Waals surface area contributed by atoms with E-state index in [0.29, 0.717) is 17.3 Å². The topological polar surface area (TPSA) is 58.9 Å². The summed E-state index contributed by atoms with van der Waals surface area (Å²) in [4.78, 5) is 14.1. The monoisotopic (exact) mass is 188 g/mol. The van der Waals surface area contributed by atoms with E-state index in [2.05, 4.69) is 11.9 Å². The first-order chi connectivity index (χ1) is 6.66. The van der Waals surface area contributed by atoms with E-state index in [1.165, 1.54) is 0 Å². The van der Waals surface area contributed by atoms with Crippen LogP contribution in [0.1, 0.15) is 18.1 Å². The van der Waals surface area contributed by atoms with E-state index in [-0.39, 0.29) is 5.56 Å². The van der Waals surface area contributed by atoms with Crippen LogP contribution in [0.3, 0.4) is 0 Å². The van der Waals surface area contributed by atoms with Crippen LogP contribution in [-0.2, 0) is 0 Å². The molecule has 0 saturated heterocycles. The first kappa shape index (κ1) is 8.81. The molecule has 0 bridgehead atoms. The van der Waals surface area contributed by atoms with E-state index in [4.69, 9.17) is 5.73 Å². The molecule has 0 spiro atoms. The highest BCUT2D eigenvalue weighted by molar-refractivity contribution is 5.68. The molecular weight excluding hydrogens is 176 g/mol. The maximum absolute atomic E-state index is 11.5. The fourth-order valence-electron chi connectivity index (χ4n) is 1.49. The number of rotatable bonds is 0. The second-order valence-corrected chi connectivity index (χ2v) is 3.50. The van der Waals surface area contributed by atoms with Crippen LogP contribution >= 0.6 is 0 Å². The minimum atomic E-state index is -0.130. The van der Waals surface area contributed by atoms with Gasteiger partial charge in [0.25, 0.3) is 5.56 Å². The van der Waals surface area contributed by atoms with Crippen LogP contribution in [0.5, 0.6) is 0 Å². The van der Waals surface area contributed by atoms with Crippen molar-refractivity contribution in [1.82, 2.24) is 4.98 Å². The number of H-pyrrole nitrogens is 1. The fraction of sp³-hybridized carbons (Fsp3) is 0.182. The van der Waals surface area contributed by atoms with Crippen molar-refractivity contribution in [3.8, 4) is 0 Å². The van der Waals surface area contributed by atoms with Gasteiger partial charge in [-0.05, 0) is 17.5 Å². The van der Waals surface area contributed by atoms with Gasteiger partial charge in [-0.15, -0.1) is 0 Å². The molecule has 1 heterocycles. The van der Waals surface area contributed by atoms with Gasteiger partial charge in [0.1, 0.15) is 5.82 Å². The van der Waals surface area contributed by atoms with Gasteiger partial charge in [0.15, 0.2) is 0 Å². The molecule has 1 aromatic heterocycles. The lowest BCUT2D eigenvalue weighted by Gasteiger charge is -2.00. The highest BCUT2D eigenvalue weighted by atomic mass is 16.1. The van der Waals surface area contributed by atoms with Crippen LogP contribution in [0.2, 0.25) is 0 Å². The molecule has 0 aromatic carbocycles. The van der Waals surface area contributed by atoms with Gasteiger partial charge in [-0.3, -0.25) is 4.79 Å². The molecule has 2 rings (SSSR count). The van der Waals surface area contributed by atoms with Gasteiger partial charge >= 0.3 is 0 Å². The molecule has 14 heavy (non-hydrogen) atoms. The Morgan fingerprint density at radius 1 is 1.36 bits per heavy atom. The van der Waals surface area contributed by atoms with E-state index < -0.39 is 0 Å². The Hall–Kier alpha value is -1.77. The van der Waals surface area contributed by atoms with Gasteiger partial charge in [0.2, 0.25) is 0 Å². The fourth-order valence-corrected chi connectivity index (χ4v) is 1.49. The Kier molecular flexibility index (Phi) is 2.00. The Morgan fingerprint density at radius 3 is 2.86 bits per heavy atom. The van der Waals surface area contributed by atoms with Crippen LogP contribution in [-0.4, -0.2) is 4.98 Å². The molecule has 3 N–H and O–H groups in total. The molecule has 3 heteroatoms. The van der Waals surface area contributed by atoms with Gasteiger partial charge in [0.05, 0.1) is 0 Å². The summed E-state index contributed by atoms with van der Waals surface area (Å²) < 4.78 is 0. The normalized spacial score (nSPS) is 19.1. The lowest BCUT2D eigenvalue weighted by Crippen LogP contribution is -2.12. The van der Waals surface area contributed by atoms with E-state index in [0.717, 1.165) is 5.56 Å². The quantitative estimate of drug-likeness (QED) is 0.650. The second kappa shape index (κ2) is 3.18. The largest absolute Gasteiger partial charge is 0.385 e. The lowest BCUT2D eigenvalue weighted by molar-refractivity contribution is 0.954. The van der Waals surface area contributed by atoms with Crippen LogP contribution in [0, 0.1) is 5.92 Å². The van der Waals surface area contributed by atoms with Crippen molar-refractivity contribution in [1.29, 1.82) is 0 Å². The molecule has 72 valence electrons. The molecule has 1 unspecified atom stereocenters. The molecule has 1 aliphatic rings. The summed E-state index contributed by atoms with van der Waals surface area (Å²) in [6.07, 6.45) is 7.82. The van der Waals surface area contributed by atoms with Crippen molar-refractivity contribution in [2.75, 3.05) is 5.73 Å². The highest BCUT2D eigenvalue weighted by Gasteiger charge is 2.06. The number of hydrogen-bond acceptors (Lipinski definition) is 2. The van der Waals surface area contributed by atoms with Crippen LogP contribution in [0.25, 0.3) is 12.2 Å². The minimum absolute atomic E-state index is 0.130. The molecule has 3 nitrogen and oxygen atoms in total. The van der Waals surface area contributed by atoms with Crippen molar-refractivity contribution in [2.45, 2.75) is 6.92 Å². The predicted molar refractivity (Wildman–Crippen MR) is 58.7 cm³/mol. The predicted octanol–water partition coefficient (Wildman–Crippen LogP) is 1.63. The Morgan fingerprint density at radius 2 is 2.07 bits per heavy atom. The second-order valence-electron chi connectivity index (χ2n) is 3.50. The summed E-state index contributed by atoms with van der Waals surface area (Å²) in [7, 11) is 0. The third kappa shape index (κ3) is 1.48. The van der Waals surface area contributed by atoms with Crippen LogP contribution in [0.15, 0.2) is 23.0 Å². The smallest absolute Gasteiger partial charge is 0.257 e. The molecule has 0 radical (unpaired) electrons. The maximum atomic E-state index is 11.5. The van der Waals surface area contributed by atoms with Gasteiger partial charge in [-0.1, -0.05) is 31.2 Å². The van der Waals surface area contributed by atoms with Gasteiger partial charge in [0, 0.05) is 5.56 Å². The van der Waals surface area contributed by atoms with Crippen molar-refractivity contribution in [3.63, 3.8) is 0 Å². The lowest BCUT2D eigenvalue weighted by atomic mass is 10.1. The van der Waals surface area contributed by atoms with Crippen LogP contribution in [0.4, 0.5) is 5.82 Å². The zero-order chi connectivity index (χ0) is 10.1. The van der Waals surface area contributed by atoms with Gasteiger partial charge in [-0.2, -0.15) is 0 Å². The van der Waals surface area contributed by atoms with Crippen LogP contribution < -0.4 is 11.3 Å². The number of hydrogen-bond donors (Lipinski definition) is 2. The summed E-state index contributed by atoms with van der Waals surface area (Å²) in [5.41, 5.74) is 6.99. The zero-order valence-corrected chi connectivity index (χ0v) is 7.95. The Labute approximate surface area is 82.0 Å². The summed E-state index contributed by atoms with van der Waals surface area (Å²) >= 11 is 0. The van der Waals surface area contributed by atoms with E-state index >= 15 is 0 Å². The number of aromatic amines is 1. The van der Waals surface area contributed by atoms with E-state index in [9.17, 15) is 4.79 Å². The number of nitrogens with one attached hydrogen (secondary N) is 1. The summed E-state index contributed by atoms with van der Waals surface area (Å²) in [6, 6.07) is 1.77. The molecule has 0 fully saturated rings. The zero-order valence-electron chi connectivity index (χ0n) is 7.95. The summed E-state index contributed by atoms with van der Waals surface area (Å²) in [5, 5.41) is 0. The van der Waals surface area contributed by atoms with Gasteiger partial charge in [-0.25, -0.2) is 0 Å². The van der Waals surface area contributed by atoms with Crippen molar-refractivity contribution >= 4 is 18.0 Å². The molecule has 1 aliphatic carbocycles. The third-order valence-electron chi connectivity index (χ3n) is 2.27. The first-order valence-electron chi connectivity index (χ1n) is 4.56. The van der Waals surface area contributed by atoms with E-state index in [1.54, 1.807) is 6.07 Å². The molecule has 0 saturated carbocycles. The number of aromatic nitrogens is 1. The molecular formula is C11H12N2O. The molecule has 0 amide bonds. The molecule has 0 aliphatic heterocycles. The standard InChI is InChI=1S/C11H12N2O/c1-7-2-4-8-6-10(12)13-11(14)9(8)5-3-7/h2-7H,1H3,(H3,12,13,14). The number of anilines is 1. The summed E-state index contributed by atoms with van der Waals surface area (Å²) in [6.45, 7) is 2.07. The number of nitrogen functional groups attached to an aromatic ring is 1. The first-order valence-corrected chi connectivity index (χ1v) is 4.56. The SMILES string of the molecule is CC1C=Cc2cc(N)[nH]c(=O)c2C=C1. The number of fused-ring (bicyclic) bond motifs is 1. The van der Waals surface area contributed by atoms with Crippen molar-refractivity contribution in [2.24, 2.45) is 5.92 Å². The number of allylic oxidation sites excluding steroid dienone is 2. The average Bonchev–Trinajstić information content (AvgIpc) is 2.28. The minimum Gasteiger partial charge on any atom is -0.385 e. The molecule has 1 aromatic rings. The van der Waals surface area contributed by atoms with Gasteiger partial charge < -0.3 is 10.7 Å². The van der Waals surface area contributed by atoms with Crippen molar-refractivity contribution in [3.05, 3.63) is 39.7 Å².